The Morgan fingerprint density at radius 1 is 1.06 bits per heavy atom. The Balaban J connectivity index is 1.44. The van der Waals surface area contributed by atoms with Gasteiger partial charge in [-0.15, -0.1) is 5.06 Å². The number of ether oxygens (including phenoxy) is 2. The number of hydroxylamine groups is 2. The lowest BCUT2D eigenvalue weighted by Gasteiger charge is -2.30. The lowest BCUT2D eigenvalue weighted by atomic mass is 9.85. The Kier molecular flexibility index (Phi) is 6.49. The van der Waals surface area contributed by atoms with Crippen LogP contribution in [0.4, 0.5) is 4.79 Å². The number of nitrogens with zero attached hydrogens (tertiary/aromatic N) is 1. The number of alkyl carbamates (subject to hydrolysis) is 1. The van der Waals surface area contributed by atoms with Crippen molar-refractivity contribution in [2.24, 2.45) is 23.7 Å². The number of nitrogens with one attached hydrogen (secondary N) is 1. The molecule has 6 atom stereocenters. The Bertz CT molecular complexity index is 970. The van der Waals surface area contributed by atoms with Crippen LogP contribution in [0.1, 0.15) is 39.7 Å². The van der Waals surface area contributed by atoms with E-state index >= 15 is 0 Å². The molecular weight excluding hydrogens is 440 g/mol. The lowest BCUT2D eigenvalue weighted by molar-refractivity contribution is -0.204. The molecule has 0 aromatic heterocycles. The Hall–Kier alpha value is -3.20. The molecule has 1 N–H and O–H groups in total. The van der Waals surface area contributed by atoms with Gasteiger partial charge in [-0.2, -0.15) is 0 Å². The third-order valence-corrected chi connectivity index (χ3v) is 6.36. The monoisotopic (exact) mass is 470 g/mol. The first-order valence-corrected chi connectivity index (χ1v) is 11.5. The van der Waals surface area contributed by atoms with Gasteiger partial charge in [0, 0.05) is 0 Å². The second kappa shape index (κ2) is 9.21. The zero-order valence-electron chi connectivity index (χ0n) is 19.7. The Labute approximate surface area is 198 Å². The fraction of sp³-hybridized carbons (Fsp3) is 0.520. The average Bonchev–Trinajstić information content (AvgIpc) is 3.45. The summed E-state index contributed by atoms with van der Waals surface area (Å²) in [6.07, 6.45) is 2.99. The summed E-state index contributed by atoms with van der Waals surface area (Å²) < 4.78 is 11.1. The number of hydrogen-bond acceptors (Lipinski definition) is 7. The van der Waals surface area contributed by atoms with Crippen molar-refractivity contribution in [3.8, 4) is 0 Å². The van der Waals surface area contributed by atoms with Gasteiger partial charge in [0.1, 0.15) is 6.61 Å². The number of fused-ring (bicyclic) bond motifs is 5. The van der Waals surface area contributed by atoms with Crippen LogP contribution >= 0.6 is 0 Å². The summed E-state index contributed by atoms with van der Waals surface area (Å²) in [5, 5.41) is 3.04. The molecule has 2 fully saturated rings. The first kappa shape index (κ1) is 23.9. The third-order valence-electron chi connectivity index (χ3n) is 6.36. The van der Waals surface area contributed by atoms with Gasteiger partial charge in [-0.05, 0) is 51.5 Å². The van der Waals surface area contributed by atoms with Gasteiger partial charge < -0.3 is 19.6 Å². The summed E-state index contributed by atoms with van der Waals surface area (Å²) in [4.78, 5) is 56.6. The van der Waals surface area contributed by atoms with Gasteiger partial charge in [0.25, 0.3) is 11.8 Å². The van der Waals surface area contributed by atoms with Crippen molar-refractivity contribution in [1.29, 1.82) is 0 Å². The number of imide groups is 1. The van der Waals surface area contributed by atoms with Crippen molar-refractivity contribution < 1.29 is 33.5 Å². The molecule has 1 heterocycles. The van der Waals surface area contributed by atoms with E-state index in [9.17, 15) is 19.2 Å². The molecule has 9 heteroatoms. The summed E-state index contributed by atoms with van der Waals surface area (Å²) in [6, 6.07) is 7.77. The molecule has 2 aliphatic carbocycles. The highest BCUT2D eigenvalue weighted by molar-refractivity contribution is 6.06. The minimum atomic E-state index is -1.31. The smallest absolute Gasteiger partial charge is 0.408 e. The Morgan fingerprint density at radius 3 is 2.21 bits per heavy atom. The van der Waals surface area contributed by atoms with Crippen LogP contribution < -0.4 is 5.32 Å². The average molecular weight is 471 g/mol. The van der Waals surface area contributed by atoms with E-state index in [2.05, 4.69) is 5.32 Å². The second-order valence-corrected chi connectivity index (χ2v) is 10.0. The topological polar surface area (TPSA) is 111 Å². The molecule has 2 bridgehead atoms. The molecule has 1 aromatic carbocycles. The van der Waals surface area contributed by atoms with Crippen LogP contribution in [0.25, 0.3) is 0 Å². The van der Waals surface area contributed by atoms with Crippen LogP contribution in [0.2, 0.25) is 0 Å². The van der Waals surface area contributed by atoms with Crippen LogP contribution in [-0.4, -0.2) is 46.7 Å². The van der Waals surface area contributed by atoms with E-state index in [-0.39, 0.29) is 18.4 Å². The van der Waals surface area contributed by atoms with Crippen LogP contribution in [0, 0.1) is 23.7 Å². The van der Waals surface area contributed by atoms with Gasteiger partial charge in [0.15, 0.2) is 6.04 Å². The van der Waals surface area contributed by atoms with Crippen LogP contribution in [0.5, 0.6) is 0 Å². The molecule has 3 aliphatic rings. The van der Waals surface area contributed by atoms with Crippen molar-refractivity contribution in [2.45, 2.75) is 58.5 Å². The van der Waals surface area contributed by atoms with Gasteiger partial charge in [-0.1, -0.05) is 42.5 Å². The predicted octanol–water partition coefficient (Wildman–Crippen LogP) is 2.75. The number of carbonyl (C=O) groups is 4. The molecular formula is C25H30N2O7. The van der Waals surface area contributed by atoms with Crippen molar-refractivity contribution in [3.05, 3.63) is 48.0 Å². The minimum absolute atomic E-state index is 0.00514. The fourth-order valence-corrected chi connectivity index (χ4v) is 5.00. The molecule has 4 rings (SSSR count). The van der Waals surface area contributed by atoms with Crippen LogP contribution in [0.3, 0.4) is 0 Å². The third kappa shape index (κ3) is 4.84. The molecule has 0 radical (unpaired) electrons. The molecule has 9 nitrogen and oxygen atoms in total. The van der Waals surface area contributed by atoms with E-state index in [1.807, 2.05) is 30.4 Å². The fourth-order valence-electron chi connectivity index (χ4n) is 5.00. The van der Waals surface area contributed by atoms with Gasteiger partial charge >= 0.3 is 12.1 Å². The number of benzene rings is 1. The largest absolute Gasteiger partial charge is 0.445 e. The maximum Gasteiger partial charge on any atom is 0.408 e. The van der Waals surface area contributed by atoms with Crippen LogP contribution in [0.15, 0.2) is 42.5 Å². The molecule has 1 saturated heterocycles. The zero-order chi connectivity index (χ0) is 24.6. The van der Waals surface area contributed by atoms with E-state index in [0.29, 0.717) is 5.06 Å². The summed E-state index contributed by atoms with van der Waals surface area (Å²) >= 11 is 0. The summed E-state index contributed by atoms with van der Waals surface area (Å²) in [6.45, 7) is 7.01. The number of hydrogen-bond donors (Lipinski definition) is 1. The maximum absolute atomic E-state index is 13.1. The molecule has 0 unspecified atom stereocenters. The molecule has 1 aliphatic heterocycles. The van der Waals surface area contributed by atoms with Crippen molar-refractivity contribution >= 4 is 23.9 Å². The number of amides is 3. The lowest BCUT2D eigenvalue weighted by Crippen LogP contribution is -2.53. The Morgan fingerprint density at radius 2 is 1.65 bits per heavy atom. The normalized spacial score (nSPS) is 26.9. The van der Waals surface area contributed by atoms with Gasteiger partial charge in [0.2, 0.25) is 0 Å². The number of allylic oxidation sites excluding steroid dienone is 2. The first-order chi connectivity index (χ1) is 16.0. The molecule has 1 aromatic rings. The van der Waals surface area contributed by atoms with E-state index in [1.54, 1.807) is 39.8 Å². The summed E-state index contributed by atoms with van der Waals surface area (Å²) in [5.41, 5.74) is 0.146. The van der Waals surface area contributed by atoms with Gasteiger partial charge in [-0.3, -0.25) is 9.59 Å². The van der Waals surface area contributed by atoms with Gasteiger partial charge in [-0.25, -0.2) is 9.59 Å². The van der Waals surface area contributed by atoms with E-state index in [4.69, 9.17) is 14.3 Å². The zero-order valence-corrected chi connectivity index (χ0v) is 19.7. The second-order valence-electron chi connectivity index (χ2n) is 10.0. The molecule has 1 saturated carbocycles. The highest BCUT2D eigenvalue weighted by atomic mass is 16.7. The number of carbonyl (C=O) groups excluding carboxylic acids is 4. The van der Waals surface area contributed by atoms with E-state index in [1.165, 1.54) is 0 Å². The van der Waals surface area contributed by atoms with E-state index < -0.39 is 53.5 Å². The first-order valence-electron chi connectivity index (χ1n) is 11.5. The maximum atomic E-state index is 13.1. The van der Waals surface area contributed by atoms with E-state index in [0.717, 1.165) is 12.0 Å². The molecule has 182 valence electrons. The molecule has 34 heavy (non-hydrogen) atoms. The molecule has 0 spiro atoms. The SMILES string of the molecule is C[C@H](OC(C)(C)C)[C@H](NC(=O)OCc1ccccc1)C(=O)ON1C(=O)[C@@H]2[C@@H](C1=O)[C@H]1C=C[C@H]2C1. The minimum Gasteiger partial charge on any atom is -0.445 e. The van der Waals surface area contributed by atoms with Gasteiger partial charge in [0.05, 0.1) is 23.5 Å². The summed E-state index contributed by atoms with van der Waals surface area (Å²) in [7, 11) is 0. The highest BCUT2D eigenvalue weighted by Gasteiger charge is 2.61. The molecule has 3 amide bonds. The highest BCUT2D eigenvalue weighted by Crippen LogP contribution is 2.52. The van der Waals surface area contributed by atoms with Crippen molar-refractivity contribution in [1.82, 2.24) is 10.4 Å². The number of rotatable bonds is 7. The van der Waals surface area contributed by atoms with Crippen LogP contribution in [-0.2, 0) is 35.3 Å². The summed E-state index contributed by atoms with van der Waals surface area (Å²) in [5.74, 6) is -3.04. The van der Waals surface area contributed by atoms with Crippen molar-refractivity contribution in [3.63, 3.8) is 0 Å². The quantitative estimate of drug-likeness (QED) is 0.482. The standard InChI is InChI=1S/C25H30N2O7/c1-14(33-25(2,3)4)20(26-24(31)32-13-15-8-6-5-7-9-15)23(30)34-27-21(28)18-16-10-11-17(12-16)19(18)22(27)29/h5-11,14,16-20H,12-13H2,1-4H3,(H,26,31)/t14-,16-,17-,18-,19-,20-/m0/s1. The predicted molar refractivity (Wildman–Crippen MR) is 120 cm³/mol. The van der Waals surface area contributed by atoms with Crippen molar-refractivity contribution in [2.75, 3.05) is 0 Å².